The fraction of sp³-hybridized carbons (Fsp3) is 0.448. The molecule has 0 unspecified atom stereocenters. The SMILES string of the molecule is CCC(=O)N[C@H]1C[C@@H](n2cnc3c(N[C@H](CO)Cc4ccccc4)nc(NCCc4cnc[nH]4)nc32)[C@H](OC(=O)C(F)(F)F)[C@@H]1O. The quantitative estimate of drug-likeness (QED) is 0.116. The van der Waals surface area contributed by atoms with Crippen molar-refractivity contribution >= 4 is 34.8 Å². The summed E-state index contributed by atoms with van der Waals surface area (Å²) in [6, 6.07) is 6.87. The average molecular weight is 646 g/mol. The second-order valence-electron chi connectivity index (χ2n) is 10.9. The van der Waals surface area contributed by atoms with Gasteiger partial charge in [-0.05, 0) is 18.4 Å². The summed E-state index contributed by atoms with van der Waals surface area (Å²) in [6.45, 7) is 1.71. The summed E-state index contributed by atoms with van der Waals surface area (Å²) in [7, 11) is 0. The molecule has 1 aliphatic carbocycles. The third-order valence-electron chi connectivity index (χ3n) is 7.66. The first kappa shape index (κ1) is 32.6. The summed E-state index contributed by atoms with van der Waals surface area (Å²) in [5, 5.41) is 30.1. The molecule has 46 heavy (non-hydrogen) atoms. The molecule has 0 radical (unpaired) electrons. The summed E-state index contributed by atoms with van der Waals surface area (Å²) >= 11 is 0. The maximum atomic E-state index is 13.2. The first-order valence-corrected chi connectivity index (χ1v) is 14.7. The van der Waals surface area contributed by atoms with E-state index in [1.165, 1.54) is 10.9 Å². The number of hydrogen-bond acceptors (Lipinski definition) is 11. The van der Waals surface area contributed by atoms with Crippen LogP contribution >= 0.6 is 0 Å². The van der Waals surface area contributed by atoms with Crippen LogP contribution in [0.5, 0.6) is 0 Å². The highest BCUT2D eigenvalue weighted by molar-refractivity contribution is 5.85. The number of ether oxygens (including phenoxy) is 1. The molecule has 3 aromatic heterocycles. The number of esters is 1. The van der Waals surface area contributed by atoms with Gasteiger partial charge in [-0.1, -0.05) is 37.3 Å². The number of carbonyl (C=O) groups is 2. The monoisotopic (exact) mass is 645 g/mol. The zero-order valence-corrected chi connectivity index (χ0v) is 24.7. The smallest absolute Gasteiger partial charge is 0.451 e. The van der Waals surface area contributed by atoms with E-state index in [2.05, 4.69) is 40.9 Å². The summed E-state index contributed by atoms with van der Waals surface area (Å²) in [5.41, 5.74) is 2.19. The molecule has 0 aliphatic heterocycles. The van der Waals surface area contributed by atoms with E-state index < -0.39 is 48.4 Å². The molecular weight excluding hydrogens is 611 g/mol. The number of alkyl halides is 3. The summed E-state index contributed by atoms with van der Waals surface area (Å²) < 4.78 is 45.9. The average Bonchev–Trinajstić information content (AvgIpc) is 3.77. The molecule has 1 aromatic carbocycles. The van der Waals surface area contributed by atoms with Gasteiger partial charge in [0.15, 0.2) is 23.1 Å². The molecule has 246 valence electrons. The second-order valence-corrected chi connectivity index (χ2v) is 10.9. The van der Waals surface area contributed by atoms with E-state index in [-0.39, 0.29) is 42.4 Å². The Labute approximate surface area is 260 Å². The summed E-state index contributed by atoms with van der Waals surface area (Å²) in [4.78, 5) is 44.7. The fourth-order valence-electron chi connectivity index (χ4n) is 5.38. The zero-order chi connectivity index (χ0) is 32.8. The molecule has 0 saturated heterocycles. The van der Waals surface area contributed by atoms with Crippen molar-refractivity contribution in [2.24, 2.45) is 0 Å². The van der Waals surface area contributed by atoms with Gasteiger partial charge in [-0.2, -0.15) is 23.1 Å². The molecule has 3 heterocycles. The fourth-order valence-corrected chi connectivity index (χ4v) is 5.38. The van der Waals surface area contributed by atoms with Crippen molar-refractivity contribution in [3.8, 4) is 0 Å². The third-order valence-corrected chi connectivity index (χ3v) is 7.66. The van der Waals surface area contributed by atoms with Crippen molar-refractivity contribution in [1.82, 2.24) is 34.8 Å². The number of aliphatic hydroxyl groups is 2. The number of fused-ring (bicyclic) bond motifs is 1. The normalized spacial score (nSPS) is 20.4. The number of H-pyrrole nitrogens is 1. The molecule has 0 bridgehead atoms. The maximum absolute atomic E-state index is 13.2. The Bertz CT molecular complexity index is 1620. The minimum Gasteiger partial charge on any atom is -0.451 e. The van der Waals surface area contributed by atoms with Gasteiger partial charge in [0.05, 0.1) is 37.4 Å². The molecule has 0 spiro atoms. The van der Waals surface area contributed by atoms with Crippen molar-refractivity contribution in [2.75, 3.05) is 23.8 Å². The molecule has 14 nitrogen and oxygen atoms in total. The van der Waals surface area contributed by atoms with E-state index in [0.717, 1.165) is 11.3 Å². The number of imidazole rings is 2. The predicted molar refractivity (Wildman–Crippen MR) is 159 cm³/mol. The second kappa shape index (κ2) is 14.1. The van der Waals surface area contributed by atoms with Crippen LogP contribution in [0.2, 0.25) is 0 Å². The Morgan fingerprint density at radius 1 is 1.22 bits per heavy atom. The number of carbonyl (C=O) groups excluding carboxylic acids is 2. The number of aromatic nitrogens is 6. The summed E-state index contributed by atoms with van der Waals surface area (Å²) in [6.07, 6.45) is -3.17. The Hall–Kier alpha value is -4.77. The first-order chi connectivity index (χ1) is 22.1. The van der Waals surface area contributed by atoms with Crippen molar-refractivity contribution in [3.05, 3.63) is 60.4 Å². The lowest BCUT2D eigenvalue weighted by molar-refractivity contribution is -0.209. The van der Waals surface area contributed by atoms with Crippen LogP contribution in [0.1, 0.15) is 37.1 Å². The van der Waals surface area contributed by atoms with Gasteiger partial charge < -0.3 is 40.5 Å². The first-order valence-electron chi connectivity index (χ1n) is 14.7. The minimum atomic E-state index is -5.31. The van der Waals surface area contributed by atoms with E-state index in [1.54, 1.807) is 19.4 Å². The highest BCUT2D eigenvalue weighted by Crippen LogP contribution is 2.37. The standard InChI is InChI=1S/C29H34F3N9O5/c1-2-21(43)38-19-11-20(24(23(19)44)46-27(45)29(30,31)32)41-15-36-22-25(37-18(13-42)10-16-6-4-3-5-7-16)39-28(40-26(22)41)34-9-8-17-12-33-14-35-17/h3-7,12,14-15,18-20,23-24,42,44H,2,8-11,13H2,1H3,(H,33,35)(H,38,43)(H2,34,37,39,40)/t18-,19-,20+,23+,24-/m0/s1. The van der Waals surface area contributed by atoms with Crippen LogP contribution in [0.3, 0.4) is 0 Å². The number of benzene rings is 1. The van der Waals surface area contributed by atoms with Crippen LogP contribution in [-0.4, -0.2) is 95.2 Å². The van der Waals surface area contributed by atoms with Gasteiger partial charge in [0.25, 0.3) is 0 Å². The van der Waals surface area contributed by atoms with Crippen LogP contribution in [0.4, 0.5) is 24.9 Å². The molecule has 1 saturated carbocycles. The van der Waals surface area contributed by atoms with E-state index in [9.17, 15) is 33.0 Å². The number of anilines is 2. The van der Waals surface area contributed by atoms with E-state index in [4.69, 9.17) is 4.74 Å². The molecule has 6 N–H and O–H groups in total. The van der Waals surface area contributed by atoms with Gasteiger partial charge in [0.1, 0.15) is 6.10 Å². The van der Waals surface area contributed by atoms with Crippen LogP contribution in [0.25, 0.3) is 11.2 Å². The van der Waals surface area contributed by atoms with Gasteiger partial charge in [-0.25, -0.2) is 14.8 Å². The maximum Gasteiger partial charge on any atom is 0.490 e. The lowest BCUT2D eigenvalue weighted by atomic mass is 10.1. The van der Waals surface area contributed by atoms with Gasteiger partial charge in [0.2, 0.25) is 11.9 Å². The lowest BCUT2D eigenvalue weighted by Gasteiger charge is -2.24. The van der Waals surface area contributed by atoms with E-state index in [1.807, 2.05) is 30.3 Å². The third kappa shape index (κ3) is 7.54. The molecule has 1 fully saturated rings. The number of aliphatic hydroxyl groups excluding tert-OH is 2. The highest BCUT2D eigenvalue weighted by atomic mass is 19.4. The minimum absolute atomic E-state index is 0.0692. The molecule has 5 atom stereocenters. The van der Waals surface area contributed by atoms with E-state index >= 15 is 0 Å². The molecule has 5 rings (SSSR count). The van der Waals surface area contributed by atoms with Crippen molar-refractivity contribution in [2.45, 2.75) is 69.1 Å². The van der Waals surface area contributed by atoms with Gasteiger partial charge in [-0.15, -0.1) is 0 Å². The number of nitrogens with zero attached hydrogens (tertiary/aromatic N) is 5. The molecule has 1 aliphatic rings. The zero-order valence-electron chi connectivity index (χ0n) is 24.7. The van der Waals surface area contributed by atoms with Gasteiger partial charge in [-0.3, -0.25) is 4.79 Å². The van der Waals surface area contributed by atoms with Crippen molar-refractivity contribution in [3.63, 3.8) is 0 Å². The number of aromatic amines is 1. The van der Waals surface area contributed by atoms with Crippen molar-refractivity contribution in [1.29, 1.82) is 0 Å². The van der Waals surface area contributed by atoms with Gasteiger partial charge >= 0.3 is 12.1 Å². The Kier molecular flexibility index (Phi) is 10.0. The van der Waals surface area contributed by atoms with E-state index in [0.29, 0.717) is 19.4 Å². The Balaban J connectivity index is 1.51. The lowest BCUT2D eigenvalue weighted by Crippen LogP contribution is -2.45. The predicted octanol–water partition coefficient (Wildman–Crippen LogP) is 1.89. The number of hydrogen-bond donors (Lipinski definition) is 6. The Morgan fingerprint density at radius 3 is 2.67 bits per heavy atom. The van der Waals surface area contributed by atoms with Gasteiger partial charge in [0, 0.05) is 31.3 Å². The highest BCUT2D eigenvalue weighted by Gasteiger charge is 2.51. The number of nitrogens with one attached hydrogen (secondary N) is 4. The number of rotatable bonds is 13. The van der Waals surface area contributed by atoms with Crippen LogP contribution in [-0.2, 0) is 27.2 Å². The topological polar surface area (TPSA) is 192 Å². The molecule has 1 amide bonds. The molecule has 4 aromatic rings. The summed E-state index contributed by atoms with van der Waals surface area (Å²) in [5.74, 6) is -2.53. The molecule has 17 heteroatoms. The molecular formula is C29H34F3N9O5. The van der Waals surface area contributed by atoms with Crippen LogP contribution < -0.4 is 16.0 Å². The van der Waals surface area contributed by atoms with Crippen molar-refractivity contribution < 1.29 is 37.7 Å². The van der Waals surface area contributed by atoms with Crippen LogP contribution in [0, 0.1) is 0 Å². The van der Waals surface area contributed by atoms with Crippen LogP contribution in [0.15, 0.2) is 49.2 Å². The number of halogens is 3. The largest absolute Gasteiger partial charge is 0.490 e. The number of amides is 1. The Morgan fingerprint density at radius 2 is 2.00 bits per heavy atom.